The zero-order valence-electron chi connectivity index (χ0n) is 12.5. The predicted molar refractivity (Wildman–Crippen MR) is 84.5 cm³/mol. The molecule has 3 heteroatoms. The molecule has 1 amide bonds. The third-order valence-electron chi connectivity index (χ3n) is 3.57. The molecule has 0 heterocycles. The molecular formula is C18H21NO2. The lowest BCUT2D eigenvalue weighted by molar-refractivity contribution is 0.0935. The molecule has 1 unspecified atom stereocenters. The average Bonchev–Trinajstić information content (AvgIpc) is 2.49. The summed E-state index contributed by atoms with van der Waals surface area (Å²) in [4.78, 5) is 12.2. The van der Waals surface area contributed by atoms with E-state index in [1.54, 1.807) is 25.1 Å². The normalized spacial score (nSPS) is 11.9. The van der Waals surface area contributed by atoms with E-state index in [-0.39, 0.29) is 17.7 Å². The maximum atomic E-state index is 12.2. The largest absolute Gasteiger partial charge is 0.507 e. The molecule has 0 radical (unpaired) electrons. The smallest absolute Gasteiger partial charge is 0.255 e. The molecule has 1 atom stereocenters. The number of amides is 1. The van der Waals surface area contributed by atoms with Crippen LogP contribution in [0.15, 0.2) is 48.5 Å². The van der Waals surface area contributed by atoms with Crippen LogP contribution >= 0.6 is 0 Å². The number of aryl methyl sites for hydroxylation is 2. The molecule has 110 valence electrons. The van der Waals surface area contributed by atoms with Crippen LogP contribution in [0.2, 0.25) is 0 Å². The number of para-hydroxylation sites is 1. The summed E-state index contributed by atoms with van der Waals surface area (Å²) >= 11 is 0. The zero-order chi connectivity index (χ0) is 15.2. The van der Waals surface area contributed by atoms with Crippen molar-refractivity contribution < 1.29 is 9.90 Å². The minimum absolute atomic E-state index is 0.0534. The van der Waals surface area contributed by atoms with Crippen molar-refractivity contribution in [2.45, 2.75) is 32.7 Å². The lowest BCUT2D eigenvalue weighted by Crippen LogP contribution is -2.33. The maximum Gasteiger partial charge on any atom is 0.255 e. The van der Waals surface area contributed by atoms with Crippen LogP contribution in [-0.2, 0) is 6.42 Å². The van der Waals surface area contributed by atoms with Crippen LogP contribution in [0.25, 0.3) is 0 Å². The van der Waals surface area contributed by atoms with E-state index in [2.05, 4.69) is 17.4 Å². The van der Waals surface area contributed by atoms with Crippen LogP contribution < -0.4 is 5.32 Å². The van der Waals surface area contributed by atoms with E-state index in [1.165, 1.54) is 5.56 Å². The Morgan fingerprint density at radius 3 is 2.57 bits per heavy atom. The minimum atomic E-state index is -0.225. The molecule has 2 rings (SSSR count). The van der Waals surface area contributed by atoms with Gasteiger partial charge in [-0.1, -0.05) is 42.5 Å². The van der Waals surface area contributed by atoms with Crippen molar-refractivity contribution >= 4 is 5.91 Å². The van der Waals surface area contributed by atoms with Gasteiger partial charge in [0.25, 0.3) is 5.91 Å². The van der Waals surface area contributed by atoms with Gasteiger partial charge < -0.3 is 10.4 Å². The molecule has 0 saturated carbocycles. The Hall–Kier alpha value is -2.29. The number of hydrogen-bond donors (Lipinski definition) is 2. The average molecular weight is 283 g/mol. The fraction of sp³-hybridized carbons (Fsp3) is 0.278. The Kier molecular flexibility index (Phi) is 4.99. The van der Waals surface area contributed by atoms with Gasteiger partial charge in [0.05, 0.1) is 5.56 Å². The van der Waals surface area contributed by atoms with Crippen molar-refractivity contribution in [3.8, 4) is 5.75 Å². The van der Waals surface area contributed by atoms with Crippen molar-refractivity contribution in [2.24, 2.45) is 0 Å². The highest BCUT2D eigenvalue weighted by Crippen LogP contribution is 2.21. The first kappa shape index (κ1) is 15.1. The first-order valence-corrected chi connectivity index (χ1v) is 7.21. The van der Waals surface area contributed by atoms with Crippen molar-refractivity contribution in [3.63, 3.8) is 0 Å². The highest BCUT2D eigenvalue weighted by molar-refractivity contribution is 5.97. The van der Waals surface area contributed by atoms with E-state index in [0.717, 1.165) is 12.8 Å². The first-order chi connectivity index (χ1) is 10.1. The van der Waals surface area contributed by atoms with Gasteiger partial charge in [-0.15, -0.1) is 0 Å². The zero-order valence-corrected chi connectivity index (χ0v) is 12.5. The Labute approximate surface area is 125 Å². The standard InChI is InChI=1S/C18H21NO2/c1-13-7-6-10-16(17(13)20)18(21)19-14(2)11-12-15-8-4-3-5-9-15/h3-10,14,20H,11-12H2,1-2H3,(H,19,21). The van der Waals surface area contributed by atoms with Gasteiger partial charge in [0.2, 0.25) is 0 Å². The lowest BCUT2D eigenvalue weighted by Gasteiger charge is -2.15. The number of carbonyl (C=O) groups is 1. The van der Waals surface area contributed by atoms with Crippen molar-refractivity contribution in [1.82, 2.24) is 5.32 Å². The third-order valence-corrected chi connectivity index (χ3v) is 3.57. The molecule has 0 aliphatic carbocycles. The lowest BCUT2D eigenvalue weighted by atomic mass is 10.1. The van der Waals surface area contributed by atoms with E-state index in [4.69, 9.17) is 0 Å². The Bertz CT molecular complexity index is 608. The number of carbonyl (C=O) groups excluding carboxylic acids is 1. The monoisotopic (exact) mass is 283 g/mol. The van der Waals surface area contributed by atoms with E-state index >= 15 is 0 Å². The second-order valence-electron chi connectivity index (χ2n) is 5.37. The molecule has 0 aliphatic rings. The van der Waals surface area contributed by atoms with Gasteiger partial charge in [0.1, 0.15) is 5.75 Å². The Morgan fingerprint density at radius 2 is 1.86 bits per heavy atom. The molecule has 21 heavy (non-hydrogen) atoms. The summed E-state index contributed by atoms with van der Waals surface area (Å²) < 4.78 is 0. The highest BCUT2D eigenvalue weighted by atomic mass is 16.3. The molecule has 2 N–H and O–H groups in total. The van der Waals surface area contributed by atoms with Gasteiger partial charge in [-0.2, -0.15) is 0 Å². The van der Waals surface area contributed by atoms with Gasteiger partial charge in [0.15, 0.2) is 0 Å². The molecule has 3 nitrogen and oxygen atoms in total. The van der Waals surface area contributed by atoms with Crippen molar-refractivity contribution in [2.75, 3.05) is 0 Å². The SMILES string of the molecule is Cc1cccc(C(=O)NC(C)CCc2ccccc2)c1O. The van der Waals surface area contributed by atoms with Gasteiger partial charge in [-0.25, -0.2) is 0 Å². The molecule has 0 bridgehead atoms. The second-order valence-corrected chi connectivity index (χ2v) is 5.37. The van der Waals surface area contributed by atoms with Crippen molar-refractivity contribution in [1.29, 1.82) is 0 Å². The van der Waals surface area contributed by atoms with Crippen LogP contribution in [0.3, 0.4) is 0 Å². The summed E-state index contributed by atoms with van der Waals surface area (Å²) in [7, 11) is 0. The van der Waals surface area contributed by atoms with Gasteiger partial charge in [-0.3, -0.25) is 4.79 Å². The highest BCUT2D eigenvalue weighted by Gasteiger charge is 2.14. The number of benzene rings is 2. The summed E-state index contributed by atoms with van der Waals surface area (Å²) in [6, 6.07) is 15.5. The number of hydrogen-bond acceptors (Lipinski definition) is 2. The van der Waals surface area contributed by atoms with Crippen LogP contribution in [-0.4, -0.2) is 17.1 Å². The fourth-order valence-corrected chi connectivity index (χ4v) is 2.24. The van der Waals surface area contributed by atoms with Crippen molar-refractivity contribution in [3.05, 3.63) is 65.2 Å². The molecule has 2 aromatic carbocycles. The quantitative estimate of drug-likeness (QED) is 0.883. The molecule has 0 saturated heterocycles. The number of nitrogens with one attached hydrogen (secondary N) is 1. The minimum Gasteiger partial charge on any atom is -0.507 e. The second kappa shape index (κ2) is 6.93. The molecule has 0 fully saturated rings. The van der Waals surface area contributed by atoms with Gasteiger partial charge in [-0.05, 0) is 43.9 Å². The molecular weight excluding hydrogens is 262 g/mol. The predicted octanol–water partition coefficient (Wildman–Crippen LogP) is 3.45. The number of phenols is 1. The summed E-state index contributed by atoms with van der Waals surface area (Å²) in [5, 5.41) is 12.9. The molecule has 0 aliphatic heterocycles. The summed E-state index contributed by atoms with van der Waals surface area (Å²) in [5.41, 5.74) is 2.30. The number of phenolic OH excluding ortho intramolecular Hbond substituents is 1. The molecule has 0 aromatic heterocycles. The van der Waals surface area contributed by atoms with E-state index in [1.807, 2.05) is 25.1 Å². The first-order valence-electron chi connectivity index (χ1n) is 7.21. The van der Waals surface area contributed by atoms with E-state index < -0.39 is 0 Å². The Balaban J connectivity index is 1.92. The fourth-order valence-electron chi connectivity index (χ4n) is 2.24. The van der Waals surface area contributed by atoms with Gasteiger partial charge >= 0.3 is 0 Å². The number of rotatable bonds is 5. The van der Waals surface area contributed by atoms with E-state index in [9.17, 15) is 9.90 Å². The van der Waals surface area contributed by atoms with E-state index in [0.29, 0.717) is 11.1 Å². The van der Waals surface area contributed by atoms with Crippen LogP contribution in [0.1, 0.15) is 34.8 Å². The van der Waals surface area contributed by atoms with Crippen LogP contribution in [0, 0.1) is 6.92 Å². The summed E-state index contributed by atoms with van der Waals surface area (Å²) in [6.07, 6.45) is 1.78. The third kappa shape index (κ3) is 4.09. The van der Waals surface area contributed by atoms with Crippen LogP contribution in [0.5, 0.6) is 5.75 Å². The van der Waals surface area contributed by atoms with Gasteiger partial charge in [0, 0.05) is 6.04 Å². The molecule has 0 spiro atoms. The maximum absolute atomic E-state index is 12.2. The van der Waals surface area contributed by atoms with Crippen LogP contribution in [0.4, 0.5) is 0 Å². The Morgan fingerprint density at radius 1 is 1.14 bits per heavy atom. The summed E-state index contributed by atoms with van der Waals surface area (Å²) in [5.74, 6) is -0.165. The summed E-state index contributed by atoms with van der Waals surface area (Å²) in [6.45, 7) is 3.76. The number of aromatic hydroxyl groups is 1. The topological polar surface area (TPSA) is 49.3 Å². The molecule has 2 aromatic rings.